The van der Waals surface area contributed by atoms with Crippen LogP contribution in [0.4, 0.5) is 4.79 Å². The highest BCUT2D eigenvalue weighted by molar-refractivity contribution is 5.90. The third kappa shape index (κ3) is 1.55. The Labute approximate surface area is 100 Å². The van der Waals surface area contributed by atoms with Crippen molar-refractivity contribution in [2.45, 2.75) is 13.1 Å². The van der Waals surface area contributed by atoms with E-state index in [0.717, 1.165) is 0 Å². The van der Waals surface area contributed by atoms with Crippen molar-refractivity contribution in [3.05, 3.63) is 47.5 Å². The largest absolute Gasteiger partial charge is 0.341 e. The maximum absolute atomic E-state index is 11.7. The van der Waals surface area contributed by atoms with Gasteiger partial charge in [0.1, 0.15) is 0 Å². The summed E-state index contributed by atoms with van der Waals surface area (Å²) in [6, 6.07) is 12.5. The summed E-state index contributed by atoms with van der Waals surface area (Å²) in [7, 11) is 1.67. The SMILES string of the molecule is CNC(=O)N1Cc2cccc3cccc(c23)C1. The van der Waals surface area contributed by atoms with Crippen molar-refractivity contribution in [3.63, 3.8) is 0 Å². The first-order valence-electron chi connectivity index (χ1n) is 5.76. The minimum atomic E-state index is -0.0171. The van der Waals surface area contributed by atoms with Gasteiger partial charge in [0.2, 0.25) is 0 Å². The van der Waals surface area contributed by atoms with Crippen LogP contribution in [-0.2, 0) is 13.1 Å². The van der Waals surface area contributed by atoms with E-state index >= 15 is 0 Å². The Balaban J connectivity index is 2.14. The number of nitrogens with zero attached hydrogens (tertiary/aromatic N) is 1. The molecule has 0 bridgehead atoms. The van der Waals surface area contributed by atoms with Crippen LogP contribution < -0.4 is 5.32 Å². The molecule has 0 fully saturated rings. The summed E-state index contributed by atoms with van der Waals surface area (Å²) in [6.07, 6.45) is 0. The molecule has 2 aromatic carbocycles. The molecule has 3 nitrogen and oxygen atoms in total. The summed E-state index contributed by atoms with van der Waals surface area (Å²) in [5.41, 5.74) is 2.46. The molecule has 1 heterocycles. The molecule has 0 unspecified atom stereocenters. The van der Waals surface area contributed by atoms with Gasteiger partial charge in [-0.2, -0.15) is 0 Å². The van der Waals surface area contributed by atoms with Crippen LogP contribution in [0.2, 0.25) is 0 Å². The molecule has 1 aliphatic heterocycles. The van der Waals surface area contributed by atoms with Gasteiger partial charge in [-0.1, -0.05) is 36.4 Å². The Bertz CT molecular complexity index is 551. The first-order valence-corrected chi connectivity index (χ1v) is 5.76. The fraction of sp³-hybridized carbons (Fsp3) is 0.214. The zero-order valence-electron chi connectivity index (χ0n) is 9.73. The quantitative estimate of drug-likeness (QED) is 0.735. The molecule has 0 aromatic heterocycles. The highest BCUT2D eigenvalue weighted by atomic mass is 16.2. The van der Waals surface area contributed by atoms with Crippen molar-refractivity contribution >= 4 is 16.8 Å². The van der Waals surface area contributed by atoms with Crippen molar-refractivity contribution < 1.29 is 4.79 Å². The van der Waals surface area contributed by atoms with Crippen molar-refractivity contribution in [2.75, 3.05) is 7.05 Å². The van der Waals surface area contributed by atoms with Gasteiger partial charge in [0, 0.05) is 20.1 Å². The van der Waals surface area contributed by atoms with E-state index in [4.69, 9.17) is 0 Å². The monoisotopic (exact) mass is 226 g/mol. The molecule has 1 aliphatic rings. The number of urea groups is 1. The van der Waals surface area contributed by atoms with Gasteiger partial charge in [-0.3, -0.25) is 0 Å². The van der Waals surface area contributed by atoms with Crippen LogP contribution in [0, 0.1) is 0 Å². The van der Waals surface area contributed by atoms with Crippen molar-refractivity contribution in [1.29, 1.82) is 0 Å². The average Bonchev–Trinajstić information content (AvgIpc) is 2.38. The third-order valence-corrected chi connectivity index (χ3v) is 3.30. The van der Waals surface area contributed by atoms with Crippen LogP contribution in [0.5, 0.6) is 0 Å². The van der Waals surface area contributed by atoms with E-state index in [9.17, 15) is 4.79 Å². The van der Waals surface area contributed by atoms with E-state index in [0.29, 0.717) is 13.1 Å². The van der Waals surface area contributed by atoms with Crippen LogP contribution in [0.1, 0.15) is 11.1 Å². The van der Waals surface area contributed by atoms with Gasteiger partial charge in [0.05, 0.1) is 0 Å². The molecule has 2 aromatic rings. The fourth-order valence-electron chi connectivity index (χ4n) is 2.53. The molecule has 3 heteroatoms. The minimum absolute atomic E-state index is 0.0171. The predicted molar refractivity (Wildman–Crippen MR) is 67.7 cm³/mol. The Morgan fingerprint density at radius 2 is 1.71 bits per heavy atom. The number of nitrogens with one attached hydrogen (secondary N) is 1. The standard InChI is InChI=1S/C14H14N2O/c1-15-14(17)16-8-11-6-2-4-10-5-3-7-12(9-16)13(10)11/h2-7H,8-9H2,1H3,(H,15,17). The molecule has 0 spiro atoms. The second-order valence-electron chi connectivity index (χ2n) is 4.34. The summed E-state index contributed by atoms with van der Waals surface area (Å²) in [5.74, 6) is 0. The molecule has 2 amide bonds. The zero-order valence-corrected chi connectivity index (χ0v) is 9.73. The molecule has 0 radical (unpaired) electrons. The first-order chi connectivity index (χ1) is 8.29. The Hall–Kier alpha value is -2.03. The van der Waals surface area contributed by atoms with Crippen molar-refractivity contribution in [1.82, 2.24) is 10.2 Å². The first kappa shape index (κ1) is 10.1. The molecular formula is C14H14N2O. The molecule has 17 heavy (non-hydrogen) atoms. The number of benzene rings is 2. The second kappa shape index (κ2) is 3.77. The van der Waals surface area contributed by atoms with E-state index in [1.54, 1.807) is 7.05 Å². The maximum Gasteiger partial charge on any atom is 0.317 e. The Morgan fingerprint density at radius 3 is 2.24 bits per heavy atom. The third-order valence-electron chi connectivity index (χ3n) is 3.30. The lowest BCUT2D eigenvalue weighted by atomic mass is 9.95. The minimum Gasteiger partial charge on any atom is -0.341 e. The zero-order chi connectivity index (χ0) is 11.8. The topological polar surface area (TPSA) is 32.3 Å². The predicted octanol–water partition coefficient (Wildman–Crippen LogP) is 2.49. The summed E-state index contributed by atoms with van der Waals surface area (Å²) in [5, 5.41) is 5.26. The van der Waals surface area contributed by atoms with E-state index in [1.165, 1.54) is 21.9 Å². The van der Waals surface area contributed by atoms with Gasteiger partial charge in [-0.25, -0.2) is 4.79 Å². The van der Waals surface area contributed by atoms with Gasteiger partial charge < -0.3 is 10.2 Å². The lowest BCUT2D eigenvalue weighted by Gasteiger charge is -2.28. The molecule has 3 rings (SSSR count). The number of hydrogen-bond acceptors (Lipinski definition) is 1. The summed E-state index contributed by atoms with van der Waals surface area (Å²) >= 11 is 0. The van der Waals surface area contributed by atoms with Crippen molar-refractivity contribution in [3.8, 4) is 0 Å². The molecule has 1 N–H and O–H groups in total. The lowest BCUT2D eigenvalue weighted by Crippen LogP contribution is -2.38. The van der Waals surface area contributed by atoms with Crippen LogP contribution >= 0.6 is 0 Å². The van der Waals surface area contributed by atoms with E-state index in [1.807, 2.05) is 4.90 Å². The van der Waals surface area contributed by atoms with E-state index < -0.39 is 0 Å². The lowest BCUT2D eigenvalue weighted by molar-refractivity contribution is 0.193. The molecule has 0 saturated carbocycles. The second-order valence-corrected chi connectivity index (χ2v) is 4.34. The van der Waals surface area contributed by atoms with Gasteiger partial charge >= 0.3 is 6.03 Å². The Kier molecular flexibility index (Phi) is 2.25. The maximum atomic E-state index is 11.7. The molecular weight excluding hydrogens is 212 g/mol. The van der Waals surface area contributed by atoms with Crippen LogP contribution in [0.3, 0.4) is 0 Å². The molecule has 0 saturated heterocycles. The van der Waals surface area contributed by atoms with Gasteiger partial charge in [-0.05, 0) is 21.9 Å². The van der Waals surface area contributed by atoms with Crippen LogP contribution in [0.25, 0.3) is 10.8 Å². The van der Waals surface area contributed by atoms with Crippen LogP contribution in [-0.4, -0.2) is 18.0 Å². The van der Waals surface area contributed by atoms with E-state index in [2.05, 4.69) is 41.7 Å². The van der Waals surface area contributed by atoms with Gasteiger partial charge in [-0.15, -0.1) is 0 Å². The van der Waals surface area contributed by atoms with Gasteiger partial charge in [0.15, 0.2) is 0 Å². The highest BCUT2D eigenvalue weighted by Crippen LogP contribution is 2.29. The van der Waals surface area contributed by atoms with E-state index in [-0.39, 0.29) is 6.03 Å². The van der Waals surface area contributed by atoms with Gasteiger partial charge in [0.25, 0.3) is 0 Å². The smallest absolute Gasteiger partial charge is 0.317 e. The van der Waals surface area contributed by atoms with Crippen molar-refractivity contribution in [2.24, 2.45) is 0 Å². The molecule has 0 aliphatic carbocycles. The number of hydrogen-bond donors (Lipinski definition) is 1. The average molecular weight is 226 g/mol. The number of carbonyl (C=O) groups excluding carboxylic acids is 1. The molecule has 0 atom stereocenters. The number of amides is 2. The van der Waals surface area contributed by atoms with Crippen LogP contribution in [0.15, 0.2) is 36.4 Å². The summed E-state index contributed by atoms with van der Waals surface area (Å²) in [6.45, 7) is 1.38. The number of rotatable bonds is 0. The number of carbonyl (C=O) groups is 1. The highest BCUT2D eigenvalue weighted by Gasteiger charge is 2.20. The summed E-state index contributed by atoms with van der Waals surface area (Å²) < 4.78 is 0. The summed E-state index contributed by atoms with van der Waals surface area (Å²) in [4.78, 5) is 13.5. The Morgan fingerprint density at radius 1 is 1.12 bits per heavy atom. The molecule has 86 valence electrons. The fourth-order valence-corrected chi connectivity index (χ4v) is 2.53. The normalized spacial score (nSPS) is 13.8.